The normalized spacial score (nSPS) is 12.7. The number of esters is 2. The van der Waals surface area contributed by atoms with Crippen LogP contribution in [0.2, 0.25) is 0 Å². The number of phosphoric ester groups is 1. The number of nitrogens with two attached hydrogens (primary N) is 1. The summed E-state index contributed by atoms with van der Waals surface area (Å²) < 4.78 is 33.3. The molecular weight excluding hydrogens is 1150 g/mol. The van der Waals surface area contributed by atoms with Gasteiger partial charge in [-0.1, -0.05) is 450 Å². The van der Waals surface area contributed by atoms with Crippen molar-refractivity contribution in [2.75, 3.05) is 26.4 Å². The van der Waals surface area contributed by atoms with Crippen molar-refractivity contribution in [1.29, 1.82) is 0 Å². The summed E-state index contributed by atoms with van der Waals surface area (Å²) in [6.45, 7) is 3.86. The Hall–Kier alpha value is -0.990. The van der Waals surface area contributed by atoms with Gasteiger partial charge in [0.15, 0.2) is 6.10 Å². The topological polar surface area (TPSA) is 134 Å². The van der Waals surface area contributed by atoms with Gasteiger partial charge in [-0.05, 0) is 12.8 Å². The van der Waals surface area contributed by atoms with Gasteiger partial charge in [0, 0.05) is 19.4 Å². The van der Waals surface area contributed by atoms with Crippen LogP contribution in [0.1, 0.15) is 476 Å². The number of carbonyl (C=O) groups excluding carboxylic acids is 2. The Kier molecular flexibility index (Phi) is 77.2. The minimum Gasteiger partial charge on any atom is -0.462 e. The highest BCUT2D eigenvalue weighted by atomic mass is 31.2. The lowest BCUT2D eigenvalue weighted by Gasteiger charge is -2.19. The Balaban J connectivity index is 3.69. The van der Waals surface area contributed by atoms with Crippen molar-refractivity contribution in [3.63, 3.8) is 0 Å². The zero-order valence-corrected chi connectivity index (χ0v) is 62.5. The average Bonchev–Trinajstić information content (AvgIpc) is 3.74. The van der Waals surface area contributed by atoms with Crippen molar-refractivity contribution in [1.82, 2.24) is 0 Å². The molecule has 3 N–H and O–H groups in total. The minimum absolute atomic E-state index is 0.0590. The van der Waals surface area contributed by atoms with Crippen LogP contribution in [0.4, 0.5) is 0 Å². The largest absolute Gasteiger partial charge is 0.472 e. The lowest BCUT2D eigenvalue weighted by atomic mass is 10.0. The van der Waals surface area contributed by atoms with Crippen molar-refractivity contribution in [2.24, 2.45) is 5.73 Å². The molecule has 0 saturated carbocycles. The van der Waals surface area contributed by atoms with Gasteiger partial charge in [0.1, 0.15) is 6.61 Å². The van der Waals surface area contributed by atoms with Crippen LogP contribution in [0.5, 0.6) is 0 Å². The molecule has 2 atom stereocenters. The highest BCUT2D eigenvalue weighted by Crippen LogP contribution is 2.43. The molecular formula is C81H162NO8P. The molecule has 91 heavy (non-hydrogen) atoms. The van der Waals surface area contributed by atoms with Crippen LogP contribution in [0.3, 0.4) is 0 Å². The third-order valence-corrected chi connectivity index (χ3v) is 20.5. The second-order valence-electron chi connectivity index (χ2n) is 28.7. The van der Waals surface area contributed by atoms with Crippen LogP contribution < -0.4 is 5.73 Å². The van der Waals surface area contributed by atoms with Crippen molar-refractivity contribution in [3.8, 4) is 0 Å². The number of phosphoric acid groups is 1. The van der Waals surface area contributed by atoms with Gasteiger partial charge in [0.05, 0.1) is 13.2 Å². The Morgan fingerprint density at radius 3 is 0.670 bits per heavy atom. The predicted molar refractivity (Wildman–Crippen MR) is 395 cm³/mol. The second kappa shape index (κ2) is 78.0. The summed E-state index contributed by atoms with van der Waals surface area (Å²) in [5.41, 5.74) is 5.42. The molecule has 0 fully saturated rings. The number of hydrogen-bond donors (Lipinski definition) is 2. The molecule has 0 spiro atoms. The van der Waals surface area contributed by atoms with Gasteiger partial charge in [-0.3, -0.25) is 18.6 Å². The maximum absolute atomic E-state index is 12.8. The van der Waals surface area contributed by atoms with Crippen molar-refractivity contribution < 1.29 is 37.6 Å². The third kappa shape index (κ3) is 77.9. The molecule has 0 aliphatic heterocycles. The molecule has 544 valence electrons. The number of hydrogen-bond acceptors (Lipinski definition) is 8. The van der Waals surface area contributed by atoms with E-state index in [2.05, 4.69) is 13.8 Å². The van der Waals surface area contributed by atoms with Crippen LogP contribution >= 0.6 is 7.82 Å². The Morgan fingerprint density at radius 2 is 0.473 bits per heavy atom. The van der Waals surface area contributed by atoms with Crippen molar-refractivity contribution in [3.05, 3.63) is 0 Å². The van der Waals surface area contributed by atoms with Crippen molar-refractivity contribution in [2.45, 2.75) is 482 Å². The highest BCUT2D eigenvalue weighted by Gasteiger charge is 2.26. The first-order valence-electron chi connectivity index (χ1n) is 41.5. The summed E-state index contributed by atoms with van der Waals surface area (Å²) in [7, 11) is -4.39. The van der Waals surface area contributed by atoms with E-state index in [1.165, 1.54) is 411 Å². The first-order chi connectivity index (χ1) is 44.8. The van der Waals surface area contributed by atoms with E-state index in [9.17, 15) is 19.0 Å². The lowest BCUT2D eigenvalue weighted by Crippen LogP contribution is -2.29. The number of rotatable bonds is 81. The summed E-state index contributed by atoms with van der Waals surface area (Å²) in [5, 5.41) is 0. The van der Waals surface area contributed by atoms with Crippen LogP contribution in [0.25, 0.3) is 0 Å². The zero-order valence-electron chi connectivity index (χ0n) is 61.6. The molecule has 0 radical (unpaired) electrons. The third-order valence-electron chi connectivity index (χ3n) is 19.5. The smallest absolute Gasteiger partial charge is 0.462 e. The monoisotopic (exact) mass is 1310 g/mol. The van der Waals surface area contributed by atoms with E-state index in [0.717, 1.165) is 32.1 Å². The standard InChI is InChI=1S/C81H162NO8P/c1-3-5-7-9-11-13-15-17-19-21-23-25-27-29-31-33-34-35-36-37-38-39-40-41-42-43-44-46-48-50-52-54-56-58-60-62-64-66-68-70-72-74-81(84)90-79(78-89-91(85,86)88-76-75-82)77-87-80(83)73-71-69-67-65-63-61-59-57-55-53-51-49-47-45-32-30-28-26-24-22-20-18-16-14-12-10-8-6-4-2/h79H,3-78,82H2,1-2H3,(H,85,86). The Morgan fingerprint density at radius 1 is 0.286 bits per heavy atom. The number of unbranched alkanes of at least 4 members (excludes halogenated alkanes) is 68. The molecule has 0 aliphatic rings. The molecule has 0 aliphatic carbocycles. The van der Waals surface area contributed by atoms with E-state index in [4.69, 9.17) is 24.3 Å². The molecule has 0 amide bonds. The molecule has 9 nitrogen and oxygen atoms in total. The quantitative estimate of drug-likeness (QED) is 0.0347. The molecule has 0 bridgehead atoms. The highest BCUT2D eigenvalue weighted by molar-refractivity contribution is 7.47. The van der Waals surface area contributed by atoms with Crippen LogP contribution in [-0.4, -0.2) is 49.3 Å². The lowest BCUT2D eigenvalue weighted by molar-refractivity contribution is -0.161. The van der Waals surface area contributed by atoms with Crippen LogP contribution in [-0.2, 0) is 32.7 Å². The van der Waals surface area contributed by atoms with Crippen LogP contribution in [0, 0.1) is 0 Å². The summed E-state index contributed by atoms with van der Waals surface area (Å²) >= 11 is 0. The van der Waals surface area contributed by atoms with Gasteiger partial charge >= 0.3 is 19.8 Å². The Bertz CT molecular complexity index is 1450. The maximum atomic E-state index is 12.8. The molecule has 10 heteroatoms. The molecule has 0 rings (SSSR count). The minimum atomic E-state index is -4.39. The van der Waals surface area contributed by atoms with E-state index in [0.29, 0.717) is 12.8 Å². The summed E-state index contributed by atoms with van der Waals surface area (Å²) in [5.74, 6) is -0.794. The summed E-state index contributed by atoms with van der Waals surface area (Å²) in [6, 6.07) is 0. The Labute approximate surface area is 568 Å². The van der Waals surface area contributed by atoms with Gasteiger partial charge in [-0.2, -0.15) is 0 Å². The van der Waals surface area contributed by atoms with E-state index < -0.39 is 26.5 Å². The SMILES string of the molecule is CCCCCCCCCCCCCCCCCCCCCCCCCCCCCCCCCCCCCCCCCCCC(=O)OC(COC(=O)CCCCCCCCCCCCCCCCCCCCCCCCCCCCCCC)COP(=O)(O)OCCN. The van der Waals surface area contributed by atoms with Gasteiger partial charge in [0.25, 0.3) is 0 Å². The van der Waals surface area contributed by atoms with Gasteiger partial charge in [0.2, 0.25) is 0 Å². The van der Waals surface area contributed by atoms with Crippen molar-refractivity contribution >= 4 is 19.8 Å². The average molecular weight is 1310 g/mol. The van der Waals surface area contributed by atoms with E-state index >= 15 is 0 Å². The fourth-order valence-electron chi connectivity index (χ4n) is 13.4. The molecule has 0 aromatic carbocycles. The first-order valence-corrected chi connectivity index (χ1v) is 43.0. The fourth-order valence-corrected chi connectivity index (χ4v) is 14.1. The molecule has 0 aromatic rings. The van der Waals surface area contributed by atoms with Crippen LogP contribution in [0.15, 0.2) is 0 Å². The molecule has 0 aromatic heterocycles. The molecule has 0 saturated heterocycles. The molecule has 0 heterocycles. The van der Waals surface area contributed by atoms with Gasteiger partial charge in [-0.15, -0.1) is 0 Å². The number of ether oxygens (including phenoxy) is 2. The van der Waals surface area contributed by atoms with Gasteiger partial charge in [-0.25, -0.2) is 4.57 Å². The molecule has 2 unspecified atom stereocenters. The van der Waals surface area contributed by atoms with E-state index in [-0.39, 0.29) is 32.1 Å². The fraction of sp³-hybridized carbons (Fsp3) is 0.975. The summed E-state index contributed by atoms with van der Waals surface area (Å²) in [4.78, 5) is 35.5. The first kappa shape index (κ1) is 90.0. The second-order valence-corrected chi connectivity index (χ2v) is 30.2. The van der Waals surface area contributed by atoms with Gasteiger partial charge < -0.3 is 20.1 Å². The summed E-state index contributed by atoms with van der Waals surface area (Å²) in [6.07, 6.45) is 95.6. The maximum Gasteiger partial charge on any atom is 0.472 e. The number of carbonyl (C=O) groups is 2. The van der Waals surface area contributed by atoms with E-state index in [1.54, 1.807) is 0 Å². The zero-order chi connectivity index (χ0) is 65.8. The predicted octanol–water partition coefficient (Wildman–Crippen LogP) is 27.7. The van der Waals surface area contributed by atoms with E-state index in [1.807, 2.05) is 0 Å².